The van der Waals surface area contributed by atoms with Gasteiger partial charge in [0, 0.05) is 5.69 Å². The van der Waals surface area contributed by atoms with Crippen LogP contribution < -0.4 is 10.6 Å². The van der Waals surface area contributed by atoms with E-state index in [2.05, 4.69) is 10.6 Å². The molecule has 2 aromatic carbocycles. The van der Waals surface area contributed by atoms with E-state index >= 15 is 0 Å². The first-order chi connectivity index (χ1) is 9.56. The van der Waals surface area contributed by atoms with Gasteiger partial charge in [-0.3, -0.25) is 4.79 Å². The third-order valence-corrected chi connectivity index (χ3v) is 2.77. The highest BCUT2D eigenvalue weighted by molar-refractivity contribution is 5.93. The zero-order valence-electron chi connectivity index (χ0n) is 10.9. The van der Waals surface area contributed by atoms with Crippen LogP contribution in [0.5, 0.6) is 0 Å². The number of para-hydroxylation sites is 1. The van der Waals surface area contributed by atoms with Crippen molar-refractivity contribution in [3.63, 3.8) is 0 Å². The fraction of sp³-hybridized carbons (Fsp3) is 0.133. The number of carbonyl (C=O) groups excluding carboxylic acids is 1. The number of nitrogens with one attached hydrogen (secondary N) is 2. The maximum Gasteiger partial charge on any atom is 0.243 e. The molecular formula is C15H14F2N2O. The standard InChI is InChI=1S/C15H14F2N2O/c1-10-6-7-11(8-13(10)17)19-15(20)9-18-14-5-3-2-4-12(14)16/h2-8,18H,9H2,1H3,(H,19,20). The van der Waals surface area contributed by atoms with Gasteiger partial charge in [-0.25, -0.2) is 8.78 Å². The minimum Gasteiger partial charge on any atom is -0.374 e. The molecule has 0 bridgehead atoms. The quantitative estimate of drug-likeness (QED) is 0.899. The summed E-state index contributed by atoms with van der Waals surface area (Å²) in [5.74, 6) is -1.19. The lowest BCUT2D eigenvalue weighted by atomic mass is 10.2. The van der Waals surface area contributed by atoms with E-state index in [9.17, 15) is 13.6 Å². The van der Waals surface area contributed by atoms with Crippen molar-refractivity contribution in [2.24, 2.45) is 0 Å². The summed E-state index contributed by atoms with van der Waals surface area (Å²) in [6.45, 7) is 1.54. The summed E-state index contributed by atoms with van der Waals surface area (Å²) in [5.41, 5.74) is 1.12. The predicted octanol–water partition coefficient (Wildman–Crippen LogP) is 3.32. The van der Waals surface area contributed by atoms with Gasteiger partial charge in [-0.2, -0.15) is 0 Å². The number of hydrogen-bond donors (Lipinski definition) is 2. The molecule has 0 aliphatic heterocycles. The number of anilines is 2. The van der Waals surface area contributed by atoms with Crippen LogP contribution in [0.25, 0.3) is 0 Å². The molecule has 0 unspecified atom stereocenters. The summed E-state index contributed by atoms with van der Waals surface area (Å²) in [4.78, 5) is 11.7. The van der Waals surface area contributed by atoms with Crippen LogP contribution >= 0.6 is 0 Å². The normalized spacial score (nSPS) is 10.2. The molecule has 5 heteroatoms. The largest absolute Gasteiger partial charge is 0.374 e. The molecule has 0 aromatic heterocycles. The van der Waals surface area contributed by atoms with Gasteiger partial charge in [-0.05, 0) is 36.8 Å². The molecule has 2 rings (SSSR count). The SMILES string of the molecule is Cc1ccc(NC(=O)CNc2ccccc2F)cc1F. The molecule has 20 heavy (non-hydrogen) atoms. The fourth-order valence-electron chi connectivity index (χ4n) is 1.66. The van der Waals surface area contributed by atoms with Crippen LogP contribution in [0.3, 0.4) is 0 Å². The Hall–Kier alpha value is -2.43. The smallest absolute Gasteiger partial charge is 0.243 e. The van der Waals surface area contributed by atoms with Crippen LogP contribution in [0.2, 0.25) is 0 Å². The monoisotopic (exact) mass is 276 g/mol. The lowest BCUT2D eigenvalue weighted by molar-refractivity contribution is -0.114. The second-order valence-electron chi connectivity index (χ2n) is 4.35. The Labute approximate surface area is 115 Å². The third-order valence-electron chi connectivity index (χ3n) is 2.77. The van der Waals surface area contributed by atoms with Gasteiger partial charge in [0.25, 0.3) is 0 Å². The van der Waals surface area contributed by atoms with Crippen molar-refractivity contribution in [2.45, 2.75) is 6.92 Å². The summed E-state index contributed by atoms with van der Waals surface area (Å²) in [7, 11) is 0. The molecule has 0 spiro atoms. The predicted molar refractivity (Wildman–Crippen MR) is 74.7 cm³/mol. The van der Waals surface area contributed by atoms with Crippen molar-refractivity contribution < 1.29 is 13.6 Å². The van der Waals surface area contributed by atoms with Gasteiger partial charge < -0.3 is 10.6 Å². The van der Waals surface area contributed by atoms with Crippen LogP contribution in [0, 0.1) is 18.6 Å². The Morgan fingerprint density at radius 1 is 1.10 bits per heavy atom. The highest BCUT2D eigenvalue weighted by Crippen LogP contribution is 2.14. The number of halogens is 2. The molecule has 2 N–H and O–H groups in total. The van der Waals surface area contributed by atoms with E-state index < -0.39 is 5.82 Å². The summed E-state index contributed by atoms with van der Waals surface area (Å²) in [6, 6.07) is 10.5. The first kappa shape index (κ1) is 14.0. The molecule has 0 radical (unpaired) electrons. The summed E-state index contributed by atoms with van der Waals surface area (Å²) in [6.07, 6.45) is 0. The minimum absolute atomic E-state index is 0.101. The zero-order valence-corrected chi connectivity index (χ0v) is 10.9. The molecule has 1 amide bonds. The molecule has 0 fully saturated rings. The number of aryl methyl sites for hydroxylation is 1. The molecule has 104 valence electrons. The molecule has 0 saturated heterocycles. The summed E-state index contributed by atoms with van der Waals surface area (Å²) in [5, 5.41) is 5.21. The molecule has 3 nitrogen and oxygen atoms in total. The Bertz CT molecular complexity index is 629. The summed E-state index contributed by atoms with van der Waals surface area (Å²) < 4.78 is 26.6. The van der Waals surface area contributed by atoms with E-state index in [-0.39, 0.29) is 24.0 Å². The van der Waals surface area contributed by atoms with Gasteiger partial charge in [-0.1, -0.05) is 18.2 Å². The minimum atomic E-state index is -0.429. The summed E-state index contributed by atoms with van der Waals surface area (Å²) >= 11 is 0. The molecule has 0 heterocycles. The number of benzene rings is 2. The average molecular weight is 276 g/mol. The van der Waals surface area contributed by atoms with Crippen LogP contribution in [-0.4, -0.2) is 12.5 Å². The Morgan fingerprint density at radius 3 is 2.55 bits per heavy atom. The molecule has 2 aromatic rings. The molecule has 0 saturated carbocycles. The van der Waals surface area contributed by atoms with Gasteiger partial charge in [0.15, 0.2) is 0 Å². The van der Waals surface area contributed by atoms with Gasteiger partial charge in [0.05, 0.1) is 12.2 Å². The van der Waals surface area contributed by atoms with Gasteiger partial charge in [0.2, 0.25) is 5.91 Å². The Kier molecular flexibility index (Phi) is 4.30. The van der Waals surface area contributed by atoms with E-state index in [1.165, 1.54) is 18.2 Å². The van der Waals surface area contributed by atoms with Gasteiger partial charge in [0.1, 0.15) is 11.6 Å². The second-order valence-corrected chi connectivity index (χ2v) is 4.35. The number of amides is 1. The van der Waals surface area contributed by atoms with Crippen molar-refractivity contribution in [1.29, 1.82) is 0 Å². The van der Waals surface area contributed by atoms with Crippen molar-refractivity contribution in [3.8, 4) is 0 Å². The first-order valence-electron chi connectivity index (χ1n) is 6.10. The van der Waals surface area contributed by atoms with Crippen LogP contribution in [-0.2, 0) is 4.79 Å². The lowest BCUT2D eigenvalue weighted by Crippen LogP contribution is -2.22. The zero-order chi connectivity index (χ0) is 14.5. The number of carbonyl (C=O) groups is 1. The maximum absolute atomic E-state index is 13.3. The Morgan fingerprint density at radius 2 is 1.85 bits per heavy atom. The van der Waals surface area contributed by atoms with Crippen molar-refractivity contribution in [3.05, 3.63) is 59.7 Å². The number of rotatable bonds is 4. The topological polar surface area (TPSA) is 41.1 Å². The van der Waals surface area contributed by atoms with Gasteiger partial charge >= 0.3 is 0 Å². The molecular weight excluding hydrogens is 262 g/mol. The molecule has 0 aliphatic rings. The number of hydrogen-bond acceptors (Lipinski definition) is 2. The van der Waals surface area contributed by atoms with Crippen LogP contribution in [0.15, 0.2) is 42.5 Å². The van der Waals surface area contributed by atoms with Crippen molar-refractivity contribution >= 4 is 17.3 Å². The fourth-order valence-corrected chi connectivity index (χ4v) is 1.66. The highest BCUT2D eigenvalue weighted by Gasteiger charge is 2.06. The molecule has 0 aliphatic carbocycles. The van der Waals surface area contributed by atoms with Gasteiger partial charge in [-0.15, -0.1) is 0 Å². The van der Waals surface area contributed by atoms with E-state index in [1.807, 2.05) is 0 Å². The highest BCUT2D eigenvalue weighted by atomic mass is 19.1. The maximum atomic E-state index is 13.3. The average Bonchev–Trinajstić information content (AvgIpc) is 2.42. The van der Waals surface area contributed by atoms with Crippen LogP contribution in [0.1, 0.15) is 5.56 Å². The lowest BCUT2D eigenvalue weighted by Gasteiger charge is -2.09. The molecule has 0 atom stereocenters. The van der Waals surface area contributed by atoms with E-state index in [1.54, 1.807) is 31.2 Å². The van der Waals surface area contributed by atoms with Crippen molar-refractivity contribution in [2.75, 3.05) is 17.2 Å². The third kappa shape index (κ3) is 3.54. The van der Waals surface area contributed by atoms with Crippen LogP contribution in [0.4, 0.5) is 20.2 Å². The van der Waals surface area contributed by atoms with Crippen molar-refractivity contribution in [1.82, 2.24) is 0 Å². The van der Waals surface area contributed by atoms with E-state index in [4.69, 9.17) is 0 Å². The van der Waals surface area contributed by atoms with E-state index in [0.717, 1.165) is 0 Å². The first-order valence-corrected chi connectivity index (χ1v) is 6.10. The second kappa shape index (κ2) is 6.14. The Balaban J connectivity index is 1.93. The van der Waals surface area contributed by atoms with E-state index in [0.29, 0.717) is 11.3 Å².